The van der Waals surface area contributed by atoms with Crippen LogP contribution in [0.5, 0.6) is 5.75 Å². The van der Waals surface area contributed by atoms with Gasteiger partial charge in [0.05, 0.1) is 29.6 Å². The Hall–Kier alpha value is -3.90. The zero-order chi connectivity index (χ0) is 22.5. The van der Waals surface area contributed by atoms with E-state index in [0.29, 0.717) is 38.6 Å². The molecule has 0 atom stereocenters. The van der Waals surface area contributed by atoms with E-state index >= 15 is 0 Å². The molecular formula is C25H19ClN2O4. The number of nitrogens with one attached hydrogen (secondary N) is 1. The molecule has 0 saturated heterocycles. The van der Waals surface area contributed by atoms with Gasteiger partial charge in [-0.1, -0.05) is 60.1 Å². The molecule has 7 heteroatoms. The number of carbonyl (C=O) groups is 2. The number of nitrogens with zero attached hydrogens (tertiary/aromatic N) is 1. The van der Waals surface area contributed by atoms with E-state index in [1.807, 2.05) is 48.5 Å². The minimum atomic E-state index is -0.617. The molecule has 1 aromatic heterocycles. The molecule has 0 unspecified atom stereocenters. The number of hydrogen-bond donors (Lipinski definition) is 1. The highest BCUT2D eigenvalue weighted by atomic mass is 35.5. The molecule has 4 rings (SSSR count). The normalized spacial score (nSPS) is 10.6. The van der Waals surface area contributed by atoms with Crippen molar-refractivity contribution in [2.45, 2.75) is 0 Å². The molecular weight excluding hydrogens is 428 g/mol. The maximum absolute atomic E-state index is 12.9. The highest BCUT2D eigenvalue weighted by molar-refractivity contribution is 6.31. The number of benzene rings is 3. The second-order valence-corrected chi connectivity index (χ2v) is 7.34. The second-order valence-electron chi connectivity index (χ2n) is 6.91. The molecule has 0 aliphatic heterocycles. The molecule has 6 nitrogen and oxygen atoms in total. The Morgan fingerprint density at radius 1 is 0.969 bits per heavy atom. The molecule has 0 radical (unpaired) electrons. The average Bonchev–Trinajstić information content (AvgIpc) is 2.82. The van der Waals surface area contributed by atoms with Crippen molar-refractivity contribution in [3.63, 3.8) is 0 Å². The molecule has 0 fully saturated rings. The largest absolute Gasteiger partial charge is 0.495 e. The zero-order valence-corrected chi connectivity index (χ0v) is 17.9. The number of fused-ring (bicyclic) bond motifs is 1. The Morgan fingerprint density at radius 3 is 2.50 bits per heavy atom. The lowest BCUT2D eigenvalue weighted by Crippen LogP contribution is -2.21. The van der Waals surface area contributed by atoms with Crippen molar-refractivity contribution < 1.29 is 19.1 Å². The van der Waals surface area contributed by atoms with Crippen molar-refractivity contribution in [3.05, 3.63) is 89.4 Å². The second kappa shape index (κ2) is 9.49. The summed E-state index contributed by atoms with van der Waals surface area (Å²) < 4.78 is 10.5. The standard InChI is InChI=1S/C25H19ClN2O4/c1-31-23-12-11-17(26)13-22(23)28-24(29)15-32-25(30)19-14-21(16-7-3-2-4-8-16)27-20-10-6-5-9-18(19)20/h2-14H,15H2,1H3,(H,28,29). The minimum Gasteiger partial charge on any atom is -0.495 e. The van der Waals surface area contributed by atoms with Crippen LogP contribution in [0.25, 0.3) is 22.2 Å². The lowest BCUT2D eigenvalue weighted by Gasteiger charge is -2.12. The van der Waals surface area contributed by atoms with Crippen molar-refractivity contribution >= 4 is 40.1 Å². The maximum Gasteiger partial charge on any atom is 0.339 e. The van der Waals surface area contributed by atoms with Gasteiger partial charge in [0.15, 0.2) is 6.61 Å². The number of halogens is 1. The van der Waals surface area contributed by atoms with Gasteiger partial charge in [0.25, 0.3) is 5.91 Å². The number of aromatic nitrogens is 1. The molecule has 0 aliphatic carbocycles. The first kappa shape index (κ1) is 21.3. The number of rotatable bonds is 6. The third kappa shape index (κ3) is 4.71. The van der Waals surface area contributed by atoms with Crippen LogP contribution in [-0.2, 0) is 9.53 Å². The lowest BCUT2D eigenvalue weighted by atomic mass is 10.0. The predicted octanol–water partition coefficient (Wildman–Crippen LogP) is 5.36. The van der Waals surface area contributed by atoms with Crippen LogP contribution < -0.4 is 10.1 Å². The number of amides is 1. The summed E-state index contributed by atoms with van der Waals surface area (Å²) in [5.74, 6) is -0.684. The van der Waals surface area contributed by atoms with E-state index in [4.69, 9.17) is 21.1 Å². The van der Waals surface area contributed by atoms with Crippen LogP contribution in [0.4, 0.5) is 5.69 Å². The van der Waals surface area contributed by atoms with Gasteiger partial charge < -0.3 is 14.8 Å². The minimum absolute atomic E-state index is 0.336. The molecule has 0 saturated carbocycles. The summed E-state index contributed by atoms with van der Waals surface area (Å²) in [5, 5.41) is 3.73. The number of pyridine rings is 1. The van der Waals surface area contributed by atoms with Crippen molar-refractivity contribution in [3.8, 4) is 17.0 Å². The number of hydrogen-bond acceptors (Lipinski definition) is 5. The number of carbonyl (C=O) groups excluding carboxylic acids is 2. The third-order valence-electron chi connectivity index (χ3n) is 4.78. The highest BCUT2D eigenvalue weighted by Crippen LogP contribution is 2.28. The van der Waals surface area contributed by atoms with Gasteiger partial charge in [-0.25, -0.2) is 9.78 Å². The first-order valence-corrected chi connectivity index (χ1v) is 10.2. The van der Waals surface area contributed by atoms with Crippen LogP contribution >= 0.6 is 11.6 Å². The molecule has 1 amide bonds. The first-order valence-electron chi connectivity index (χ1n) is 9.81. The van der Waals surface area contributed by atoms with Gasteiger partial charge in [-0.3, -0.25) is 4.79 Å². The summed E-state index contributed by atoms with van der Waals surface area (Å²) in [7, 11) is 1.48. The van der Waals surface area contributed by atoms with Crippen LogP contribution in [0.15, 0.2) is 78.9 Å². The van der Waals surface area contributed by atoms with E-state index in [2.05, 4.69) is 10.3 Å². The first-order chi connectivity index (χ1) is 15.5. The molecule has 0 bridgehead atoms. The average molecular weight is 447 g/mol. The van der Waals surface area contributed by atoms with Crippen LogP contribution in [0.1, 0.15) is 10.4 Å². The van der Waals surface area contributed by atoms with Crippen LogP contribution in [0.2, 0.25) is 5.02 Å². The summed E-state index contributed by atoms with van der Waals surface area (Å²) >= 11 is 5.99. The fraction of sp³-hybridized carbons (Fsp3) is 0.0800. The summed E-state index contributed by atoms with van der Waals surface area (Å²) in [6.07, 6.45) is 0. The maximum atomic E-state index is 12.9. The Balaban J connectivity index is 1.55. The van der Waals surface area contributed by atoms with Crippen molar-refractivity contribution in [2.24, 2.45) is 0 Å². The Kier molecular flexibility index (Phi) is 6.33. The molecule has 32 heavy (non-hydrogen) atoms. The lowest BCUT2D eigenvalue weighted by molar-refractivity contribution is -0.119. The van der Waals surface area contributed by atoms with Gasteiger partial charge in [0, 0.05) is 16.0 Å². The SMILES string of the molecule is COc1ccc(Cl)cc1NC(=O)COC(=O)c1cc(-c2ccccc2)nc2ccccc12. The van der Waals surface area contributed by atoms with Gasteiger partial charge in [-0.05, 0) is 30.3 Å². The molecule has 1 N–H and O–H groups in total. The molecule has 4 aromatic rings. The topological polar surface area (TPSA) is 77.5 Å². The summed E-state index contributed by atoms with van der Waals surface area (Å²) in [4.78, 5) is 29.9. The highest BCUT2D eigenvalue weighted by Gasteiger charge is 2.17. The van der Waals surface area contributed by atoms with E-state index in [9.17, 15) is 9.59 Å². The van der Waals surface area contributed by atoms with Crippen molar-refractivity contribution in [1.29, 1.82) is 0 Å². The Labute approximate surface area is 189 Å². The third-order valence-corrected chi connectivity index (χ3v) is 5.01. The fourth-order valence-corrected chi connectivity index (χ4v) is 3.45. The summed E-state index contributed by atoms with van der Waals surface area (Å²) in [6, 6.07) is 23.4. The quantitative estimate of drug-likeness (QED) is 0.403. The van der Waals surface area contributed by atoms with Gasteiger partial charge >= 0.3 is 5.97 Å². The van der Waals surface area contributed by atoms with E-state index in [1.54, 1.807) is 30.3 Å². The van der Waals surface area contributed by atoms with Crippen molar-refractivity contribution in [1.82, 2.24) is 4.98 Å². The van der Waals surface area contributed by atoms with Crippen molar-refractivity contribution in [2.75, 3.05) is 19.0 Å². The molecule has 0 spiro atoms. The van der Waals surface area contributed by atoms with Crippen LogP contribution in [0.3, 0.4) is 0 Å². The van der Waals surface area contributed by atoms with E-state index in [1.165, 1.54) is 7.11 Å². The smallest absolute Gasteiger partial charge is 0.339 e. The van der Waals surface area contributed by atoms with Crippen LogP contribution in [-0.4, -0.2) is 30.6 Å². The van der Waals surface area contributed by atoms with E-state index < -0.39 is 18.5 Å². The van der Waals surface area contributed by atoms with Crippen LogP contribution in [0, 0.1) is 0 Å². The molecule has 0 aliphatic rings. The molecule has 1 heterocycles. The number of esters is 1. The monoisotopic (exact) mass is 446 g/mol. The number of ether oxygens (including phenoxy) is 2. The number of anilines is 1. The Morgan fingerprint density at radius 2 is 1.72 bits per heavy atom. The van der Waals surface area contributed by atoms with Gasteiger partial charge in [-0.2, -0.15) is 0 Å². The summed E-state index contributed by atoms with van der Waals surface area (Å²) in [6.45, 7) is -0.466. The predicted molar refractivity (Wildman–Crippen MR) is 124 cm³/mol. The summed E-state index contributed by atoms with van der Waals surface area (Å²) in [5.41, 5.74) is 2.90. The van der Waals surface area contributed by atoms with Gasteiger partial charge in [0.1, 0.15) is 5.75 Å². The van der Waals surface area contributed by atoms with E-state index in [-0.39, 0.29) is 0 Å². The fourth-order valence-electron chi connectivity index (χ4n) is 3.27. The van der Waals surface area contributed by atoms with Gasteiger partial charge in [0.2, 0.25) is 0 Å². The van der Waals surface area contributed by atoms with Gasteiger partial charge in [-0.15, -0.1) is 0 Å². The molecule has 3 aromatic carbocycles. The number of methoxy groups -OCH3 is 1. The zero-order valence-electron chi connectivity index (χ0n) is 17.2. The van der Waals surface area contributed by atoms with E-state index in [0.717, 1.165) is 5.56 Å². The Bertz CT molecular complexity index is 1290. The molecule has 160 valence electrons. The number of para-hydroxylation sites is 1.